The molecule has 2 N–H and O–H groups in total. The topological polar surface area (TPSA) is 60.4 Å². The maximum atomic E-state index is 8.58. The van der Waals surface area contributed by atoms with Crippen LogP contribution in [0.2, 0.25) is 0 Å². The van der Waals surface area contributed by atoms with E-state index in [2.05, 4.69) is 27.1 Å². The van der Waals surface area contributed by atoms with Crippen molar-refractivity contribution in [3.05, 3.63) is 0 Å². The number of rotatable bonds is 3. The van der Waals surface area contributed by atoms with Gasteiger partial charge < -0.3 is 29.7 Å². The normalized spacial score (nSPS) is 23.6. The van der Waals surface area contributed by atoms with Gasteiger partial charge in [0.05, 0.1) is 32.5 Å². The predicted octanol–water partition coefficient (Wildman–Crippen LogP) is 1.61. The Morgan fingerprint density at radius 1 is 0.867 bits per heavy atom. The number of morpholine rings is 1. The van der Waals surface area contributed by atoms with Gasteiger partial charge in [0.25, 0.3) is 0 Å². The molecule has 0 unspecified atom stereocenters. The van der Waals surface area contributed by atoms with Gasteiger partial charge in [-0.15, -0.1) is 0 Å². The number of nitrogens with zero attached hydrogens (tertiary/aromatic N) is 3. The summed E-state index contributed by atoms with van der Waals surface area (Å²) < 4.78 is 10.4. The summed E-state index contributed by atoms with van der Waals surface area (Å²) >= 11 is 0. The van der Waals surface area contributed by atoms with Gasteiger partial charge in [0, 0.05) is 44.7 Å². The van der Waals surface area contributed by atoms with E-state index in [9.17, 15) is 0 Å². The Morgan fingerprint density at radius 3 is 1.73 bits per heavy atom. The molecule has 0 bridgehead atoms. The third kappa shape index (κ3) is 12.5. The van der Waals surface area contributed by atoms with E-state index < -0.39 is 0 Å². The highest BCUT2D eigenvalue weighted by atomic mass is 16.5. The second-order valence-electron chi connectivity index (χ2n) is 8.23. The Balaban J connectivity index is 0.000000398. The molecular weight excluding hydrogens is 380 g/mol. The molecule has 4 fully saturated rings. The van der Waals surface area contributed by atoms with Crippen LogP contribution in [0, 0.1) is 5.41 Å². The average molecular weight is 433 g/mol. The Hall–Kier alpha value is -0.280. The summed E-state index contributed by atoms with van der Waals surface area (Å²) in [6.07, 6.45) is 2.67. The van der Waals surface area contributed by atoms with Gasteiger partial charge in [-0.2, -0.15) is 0 Å². The summed E-state index contributed by atoms with van der Waals surface area (Å²) in [5, 5.41) is 11.7. The smallest absolute Gasteiger partial charge is 0.0793 e. The lowest BCUT2D eigenvalue weighted by Gasteiger charge is -2.46. The standard InChI is InChI=1S/C8H15NO.C7H16N2O.C4H9NO.2C2H6/c1-9-4-2-8(3-5-9)6-10-7-8;1-8-2-3-9-4-6-10-7-5-9;1-5-2-4(6)3-5;2*1-2/h2-7H2,1H3;8H,2-7H2,1H3;4,6H,2-3H2,1H3;2*1-2H3. The van der Waals surface area contributed by atoms with Crippen LogP contribution in [0.3, 0.4) is 0 Å². The zero-order chi connectivity index (χ0) is 22.8. The van der Waals surface area contributed by atoms with Crippen molar-refractivity contribution < 1.29 is 14.6 Å². The fraction of sp³-hybridized carbons (Fsp3) is 1.00. The lowest BCUT2D eigenvalue weighted by molar-refractivity contribution is -0.137. The SMILES string of the molecule is CC.CC.CN1CC(O)C1.CN1CCC2(CC1)COC2.CNCCN1CCOCC1. The number of likely N-dealkylation sites (tertiary alicyclic amines) is 2. The summed E-state index contributed by atoms with van der Waals surface area (Å²) in [7, 11) is 6.18. The molecule has 4 aliphatic heterocycles. The van der Waals surface area contributed by atoms with Crippen molar-refractivity contribution in [1.29, 1.82) is 0 Å². The van der Waals surface area contributed by atoms with E-state index in [1.165, 1.54) is 25.9 Å². The van der Waals surface area contributed by atoms with Crippen LogP contribution >= 0.6 is 0 Å². The molecule has 0 atom stereocenters. The largest absolute Gasteiger partial charge is 0.390 e. The molecule has 4 saturated heterocycles. The second kappa shape index (κ2) is 18.3. The van der Waals surface area contributed by atoms with E-state index in [1.54, 1.807) is 0 Å². The van der Waals surface area contributed by atoms with Crippen LogP contribution in [0.1, 0.15) is 40.5 Å². The number of ether oxygens (including phenoxy) is 2. The van der Waals surface area contributed by atoms with Crippen LogP contribution in [0.4, 0.5) is 0 Å². The number of β-amino-alcohol motifs (C(OH)–C–C–N with tert-alkyl or cyclic N) is 1. The van der Waals surface area contributed by atoms with Gasteiger partial charge in [-0.3, -0.25) is 4.90 Å². The van der Waals surface area contributed by atoms with Crippen LogP contribution in [-0.2, 0) is 9.47 Å². The van der Waals surface area contributed by atoms with E-state index in [0.29, 0.717) is 5.41 Å². The highest BCUT2D eigenvalue weighted by molar-refractivity contribution is 4.89. The Morgan fingerprint density at radius 2 is 1.40 bits per heavy atom. The molecule has 1 spiro atoms. The van der Waals surface area contributed by atoms with Crippen molar-refractivity contribution in [2.75, 3.05) is 99.9 Å². The van der Waals surface area contributed by atoms with Crippen LogP contribution in [0.15, 0.2) is 0 Å². The molecule has 4 rings (SSSR count). The number of nitrogens with one attached hydrogen (secondary N) is 1. The van der Waals surface area contributed by atoms with Crippen molar-refractivity contribution in [3.63, 3.8) is 0 Å². The number of aliphatic hydroxyl groups is 1. The summed E-state index contributed by atoms with van der Waals surface area (Å²) in [5.41, 5.74) is 0.618. The fourth-order valence-electron chi connectivity index (χ4n) is 3.53. The molecule has 182 valence electrons. The predicted molar refractivity (Wildman–Crippen MR) is 127 cm³/mol. The number of piperidine rings is 1. The summed E-state index contributed by atoms with van der Waals surface area (Å²) in [6, 6.07) is 0. The van der Waals surface area contributed by atoms with Gasteiger partial charge in [0.15, 0.2) is 0 Å². The molecule has 0 aromatic rings. The third-order valence-electron chi connectivity index (χ3n) is 5.69. The van der Waals surface area contributed by atoms with Gasteiger partial charge in [-0.25, -0.2) is 0 Å². The van der Waals surface area contributed by atoms with E-state index >= 15 is 0 Å². The second-order valence-corrected chi connectivity index (χ2v) is 8.23. The lowest BCUT2D eigenvalue weighted by Crippen LogP contribution is -2.49. The van der Waals surface area contributed by atoms with Gasteiger partial charge in [-0.05, 0) is 47.1 Å². The Bertz CT molecular complexity index is 355. The van der Waals surface area contributed by atoms with E-state index in [4.69, 9.17) is 14.6 Å². The molecular formula is C23H52N4O3. The molecule has 0 aliphatic carbocycles. The van der Waals surface area contributed by atoms with Crippen molar-refractivity contribution >= 4 is 0 Å². The van der Waals surface area contributed by atoms with Gasteiger partial charge in [-0.1, -0.05) is 27.7 Å². The summed E-state index contributed by atoms with van der Waals surface area (Å²) in [5.74, 6) is 0. The maximum Gasteiger partial charge on any atom is 0.0793 e. The monoisotopic (exact) mass is 432 g/mol. The minimum absolute atomic E-state index is 0.0324. The van der Waals surface area contributed by atoms with E-state index in [0.717, 1.165) is 65.7 Å². The number of aliphatic hydroxyl groups excluding tert-OH is 1. The minimum atomic E-state index is -0.0324. The van der Waals surface area contributed by atoms with Crippen LogP contribution in [0.5, 0.6) is 0 Å². The molecule has 0 aromatic carbocycles. The first-order valence-corrected chi connectivity index (χ1v) is 12.1. The van der Waals surface area contributed by atoms with Gasteiger partial charge in [0.1, 0.15) is 0 Å². The maximum absolute atomic E-state index is 8.58. The molecule has 7 nitrogen and oxygen atoms in total. The Kier molecular flexibility index (Phi) is 18.1. The third-order valence-corrected chi connectivity index (χ3v) is 5.69. The first-order valence-electron chi connectivity index (χ1n) is 12.1. The lowest BCUT2D eigenvalue weighted by atomic mass is 9.77. The van der Waals surface area contributed by atoms with Crippen molar-refractivity contribution in [2.24, 2.45) is 5.41 Å². The fourth-order valence-corrected chi connectivity index (χ4v) is 3.53. The Labute approximate surface area is 187 Å². The van der Waals surface area contributed by atoms with Crippen LogP contribution in [0.25, 0.3) is 0 Å². The highest BCUT2D eigenvalue weighted by Crippen LogP contribution is 2.37. The average Bonchev–Trinajstić information content (AvgIpc) is 2.75. The van der Waals surface area contributed by atoms with Crippen molar-refractivity contribution in [2.45, 2.75) is 46.6 Å². The van der Waals surface area contributed by atoms with Crippen molar-refractivity contribution in [1.82, 2.24) is 20.0 Å². The van der Waals surface area contributed by atoms with E-state index in [1.807, 2.05) is 41.8 Å². The van der Waals surface area contributed by atoms with Gasteiger partial charge in [0.2, 0.25) is 0 Å². The van der Waals surface area contributed by atoms with Gasteiger partial charge >= 0.3 is 0 Å². The molecule has 7 heteroatoms. The molecule has 0 radical (unpaired) electrons. The minimum Gasteiger partial charge on any atom is -0.390 e. The molecule has 0 amide bonds. The molecule has 4 aliphatic rings. The van der Waals surface area contributed by atoms with Crippen LogP contribution < -0.4 is 5.32 Å². The molecule has 0 saturated carbocycles. The first-order chi connectivity index (χ1) is 14.5. The highest BCUT2D eigenvalue weighted by Gasteiger charge is 2.40. The zero-order valence-electron chi connectivity index (χ0n) is 21.1. The van der Waals surface area contributed by atoms with Crippen LogP contribution in [-0.4, -0.2) is 126 Å². The number of likely N-dealkylation sites (N-methyl/N-ethyl adjacent to an activating group) is 2. The van der Waals surface area contributed by atoms with Crippen molar-refractivity contribution in [3.8, 4) is 0 Å². The van der Waals surface area contributed by atoms with E-state index in [-0.39, 0.29) is 6.10 Å². The molecule has 4 heterocycles. The first kappa shape index (κ1) is 29.7. The zero-order valence-corrected chi connectivity index (χ0v) is 21.1. The number of hydrogen-bond donors (Lipinski definition) is 2. The molecule has 0 aromatic heterocycles. The summed E-state index contributed by atoms with van der Waals surface area (Å²) in [4.78, 5) is 6.90. The summed E-state index contributed by atoms with van der Waals surface area (Å²) in [6.45, 7) is 20.6. The molecule has 30 heavy (non-hydrogen) atoms. The quantitative estimate of drug-likeness (QED) is 0.703. The number of hydrogen-bond acceptors (Lipinski definition) is 7.